The first-order valence-corrected chi connectivity index (χ1v) is 10.3. The molecule has 2 aromatic carbocycles. The Morgan fingerprint density at radius 1 is 1.21 bits per heavy atom. The Kier molecular flexibility index (Phi) is 5.74. The van der Waals surface area contributed by atoms with Crippen LogP contribution in [0.1, 0.15) is 29.5 Å². The second-order valence-corrected chi connectivity index (χ2v) is 8.15. The fraction of sp³-hybridized carbons (Fsp3) is 0.375. The zero-order chi connectivity index (χ0) is 24.0. The molecule has 174 valence electrons. The van der Waals surface area contributed by atoms with E-state index in [0.717, 1.165) is 24.1 Å². The van der Waals surface area contributed by atoms with E-state index >= 15 is 0 Å². The number of hydrogen-bond donors (Lipinski definition) is 1. The predicted molar refractivity (Wildman–Crippen MR) is 113 cm³/mol. The number of alkyl halides is 3. The van der Waals surface area contributed by atoms with Crippen LogP contribution in [-0.4, -0.2) is 36.4 Å². The van der Waals surface area contributed by atoms with Gasteiger partial charge in [0.25, 0.3) is 0 Å². The lowest BCUT2D eigenvalue weighted by molar-refractivity contribution is -0.204. The Hall–Kier alpha value is -3.25. The van der Waals surface area contributed by atoms with Gasteiger partial charge in [0.05, 0.1) is 25.9 Å². The highest BCUT2D eigenvalue weighted by Gasteiger charge is 2.64. The van der Waals surface area contributed by atoms with Crippen molar-refractivity contribution in [2.24, 2.45) is 5.92 Å². The lowest BCUT2D eigenvalue weighted by atomic mass is 9.83. The summed E-state index contributed by atoms with van der Waals surface area (Å²) < 4.78 is 63.6. The average molecular weight is 462 g/mol. The third-order valence-electron chi connectivity index (χ3n) is 5.98. The van der Waals surface area contributed by atoms with Gasteiger partial charge in [0.1, 0.15) is 11.6 Å². The molecule has 1 aliphatic heterocycles. The number of hydrogen-bond acceptors (Lipinski definition) is 3. The second-order valence-electron chi connectivity index (χ2n) is 8.15. The van der Waals surface area contributed by atoms with Gasteiger partial charge >= 0.3 is 12.2 Å². The molecule has 1 heterocycles. The van der Waals surface area contributed by atoms with Gasteiger partial charge in [0.15, 0.2) is 0 Å². The Bertz CT molecular complexity index is 1130. The van der Waals surface area contributed by atoms with Crippen LogP contribution in [-0.2, 0) is 18.7 Å². The molecule has 0 radical (unpaired) electrons. The van der Waals surface area contributed by atoms with Crippen molar-refractivity contribution >= 4 is 11.7 Å². The first kappa shape index (κ1) is 22.9. The second kappa shape index (κ2) is 8.27. The smallest absolute Gasteiger partial charge is 0.427 e. The molecule has 33 heavy (non-hydrogen) atoms. The van der Waals surface area contributed by atoms with Crippen molar-refractivity contribution in [2.45, 2.75) is 37.7 Å². The minimum absolute atomic E-state index is 0.0688. The SMILES string of the molecule is COc1ccc(CN2C(=O)N(C)[C@](C#CC3CC3)(C(F)(F)F)c3cc(F)c(CO)cc32)cc1. The normalized spacial score (nSPS) is 20.3. The van der Waals surface area contributed by atoms with Crippen molar-refractivity contribution in [3.8, 4) is 17.6 Å². The first-order chi connectivity index (χ1) is 15.6. The molecule has 0 bridgehead atoms. The number of anilines is 1. The fourth-order valence-electron chi connectivity index (χ4n) is 3.91. The molecular formula is C24H22F4N2O3. The van der Waals surface area contributed by atoms with Crippen LogP contribution in [0.3, 0.4) is 0 Å². The maximum Gasteiger partial charge on any atom is 0.427 e. The number of rotatable bonds is 4. The minimum Gasteiger partial charge on any atom is -0.497 e. The Morgan fingerprint density at radius 3 is 2.42 bits per heavy atom. The molecule has 0 saturated heterocycles. The Morgan fingerprint density at radius 2 is 1.88 bits per heavy atom. The Balaban J connectivity index is 1.91. The third kappa shape index (κ3) is 3.89. The zero-order valence-corrected chi connectivity index (χ0v) is 18.0. The summed E-state index contributed by atoms with van der Waals surface area (Å²) in [6, 6.07) is 7.59. The van der Waals surface area contributed by atoms with E-state index in [0.29, 0.717) is 29.1 Å². The maximum absolute atomic E-state index is 14.7. The van der Waals surface area contributed by atoms with Crippen LogP contribution >= 0.6 is 0 Å². The van der Waals surface area contributed by atoms with Crippen molar-refractivity contribution in [1.29, 1.82) is 0 Å². The van der Waals surface area contributed by atoms with Crippen molar-refractivity contribution in [3.05, 3.63) is 58.9 Å². The molecular weight excluding hydrogens is 440 g/mol. The number of carbonyl (C=O) groups excluding carboxylic acids is 1. The molecule has 0 spiro atoms. The van der Waals surface area contributed by atoms with Crippen molar-refractivity contribution in [2.75, 3.05) is 19.1 Å². The number of nitrogens with zero attached hydrogens (tertiary/aromatic N) is 2. The van der Waals surface area contributed by atoms with Crippen LogP contribution < -0.4 is 9.64 Å². The summed E-state index contributed by atoms with van der Waals surface area (Å²) in [7, 11) is 2.53. The number of carbonyl (C=O) groups is 1. The van der Waals surface area contributed by atoms with Crippen LogP contribution in [0, 0.1) is 23.6 Å². The molecule has 2 aromatic rings. The number of methoxy groups -OCH3 is 1. The summed E-state index contributed by atoms with van der Waals surface area (Å²) in [6.45, 7) is -0.799. The Labute approximate surface area is 188 Å². The van der Waals surface area contributed by atoms with Crippen LogP contribution in [0.2, 0.25) is 0 Å². The molecule has 0 aromatic heterocycles. The topological polar surface area (TPSA) is 53.0 Å². The van der Waals surface area contributed by atoms with E-state index in [-0.39, 0.29) is 23.7 Å². The highest BCUT2D eigenvalue weighted by atomic mass is 19.4. The number of aliphatic hydroxyl groups is 1. The maximum atomic E-state index is 14.7. The van der Waals surface area contributed by atoms with Gasteiger partial charge in [-0.15, -0.1) is 0 Å². The van der Waals surface area contributed by atoms with Gasteiger partial charge in [-0.25, -0.2) is 9.18 Å². The van der Waals surface area contributed by atoms with Crippen LogP contribution in [0.15, 0.2) is 36.4 Å². The lowest BCUT2D eigenvalue weighted by Gasteiger charge is -2.47. The summed E-state index contributed by atoms with van der Waals surface area (Å²) in [6.07, 6.45) is -3.62. The van der Waals surface area contributed by atoms with E-state index in [1.807, 2.05) is 0 Å². The third-order valence-corrected chi connectivity index (χ3v) is 5.98. The van der Waals surface area contributed by atoms with Crippen molar-refractivity contribution in [3.63, 3.8) is 0 Å². The van der Waals surface area contributed by atoms with Crippen molar-refractivity contribution < 1.29 is 32.2 Å². The summed E-state index contributed by atoms with van der Waals surface area (Å²) in [5.41, 5.74) is -3.21. The van der Waals surface area contributed by atoms with E-state index < -0.39 is 35.7 Å². The van der Waals surface area contributed by atoms with E-state index in [2.05, 4.69) is 11.8 Å². The molecule has 5 nitrogen and oxygen atoms in total. The summed E-state index contributed by atoms with van der Waals surface area (Å²) in [5.74, 6) is 4.33. The van der Waals surface area contributed by atoms with E-state index in [4.69, 9.17) is 4.74 Å². The molecule has 1 saturated carbocycles. The summed E-state index contributed by atoms with van der Waals surface area (Å²) in [4.78, 5) is 15.0. The van der Waals surface area contributed by atoms with E-state index in [1.54, 1.807) is 24.3 Å². The number of fused-ring (bicyclic) bond motifs is 1. The van der Waals surface area contributed by atoms with Gasteiger partial charge in [0.2, 0.25) is 5.54 Å². The number of aliphatic hydroxyl groups excluding tert-OH is 1. The van der Waals surface area contributed by atoms with Crippen molar-refractivity contribution in [1.82, 2.24) is 4.90 Å². The highest BCUT2D eigenvalue weighted by Crippen LogP contribution is 2.51. The van der Waals surface area contributed by atoms with Gasteiger partial charge in [-0.05, 0) is 42.7 Å². The molecule has 4 rings (SSSR count). The van der Waals surface area contributed by atoms with Gasteiger partial charge in [-0.3, -0.25) is 9.80 Å². The number of urea groups is 1. The number of halogens is 4. The van der Waals surface area contributed by atoms with E-state index in [9.17, 15) is 27.5 Å². The van der Waals surface area contributed by atoms with Gasteiger partial charge in [-0.1, -0.05) is 24.0 Å². The number of ether oxygens (including phenoxy) is 1. The van der Waals surface area contributed by atoms with Gasteiger partial charge in [-0.2, -0.15) is 13.2 Å². The van der Waals surface area contributed by atoms with Crippen LogP contribution in [0.4, 0.5) is 28.0 Å². The molecule has 2 amide bonds. The van der Waals surface area contributed by atoms with E-state index in [1.165, 1.54) is 7.11 Å². The zero-order valence-electron chi connectivity index (χ0n) is 18.0. The fourth-order valence-corrected chi connectivity index (χ4v) is 3.91. The quantitative estimate of drug-likeness (QED) is 0.535. The number of benzene rings is 2. The first-order valence-electron chi connectivity index (χ1n) is 10.3. The van der Waals surface area contributed by atoms with Gasteiger partial charge in [0, 0.05) is 24.1 Å². The molecule has 1 fully saturated rings. The molecule has 1 aliphatic carbocycles. The summed E-state index contributed by atoms with van der Waals surface area (Å²) >= 11 is 0. The molecule has 1 N–H and O–H groups in total. The summed E-state index contributed by atoms with van der Waals surface area (Å²) in [5, 5.41) is 9.53. The minimum atomic E-state index is -4.99. The largest absolute Gasteiger partial charge is 0.497 e. The molecule has 9 heteroatoms. The van der Waals surface area contributed by atoms with Gasteiger partial charge < -0.3 is 9.84 Å². The van der Waals surface area contributed by atoms with Crippen LogP contribution in [0.5, 0.6) is 5.75 Å². The molecule has 2 aliphatic rings. The monoisotopic (exact) mass is 462 g/mol. The molecule has 0 unspecified atom stereocenters. The predicted octanol–water partition coefficient (Wildman–Crippen LogP) is 4.57. The lowest BCUT2D eigenvalue weighted by Crippen LogP contribution is -2.62. The highest BCUT2D eigenvalue weighted by molar-refractivity contribution is 5.97. The van der Waals surface area contributed by atoms with Crippen LogP contribution in [0.25, 0.3) is 0 Å². The standard InChI is InChI=1S/C24H22F4N2O3/c1-29-22(32)30(13-16-5-7-18(33-2)8-6-16)21-11-17(14-31)20(25)12-19(21)23(29,24(26,27)28)10-9-15-3-4-15/h5-8,11-12,15,31H,3-4,13-14H2,1-2H3/t23-/m0/s1. The molecule has 1 atom stereocenters. The number of amides is 2. The average Bonchev–Trinajstić information content (AvgIpc) is 3.61.